The third-order valence-electron chi connectivity index (χ3n) is 2.34. The molecule has 0 saturated heterocycles. The van der Waals surface area contributed by atoms with E-state index in [9.17, 15) is 4.79 Å². The quantitative estimate of drug-likeness (QED) is 0.740. The maximum absolute atomic E-state index is 11.8. The van der Waals surface area contributed by atoms with Crippen molar-refractivity contribution in [3.63, 3.8) is 0 Å². The van der Waals surface area contributed by atoms with Gasteiger partial charge in [0.25, 0.3) is 0 Å². The molecule has 0 aliphatic rings. The van der Waals surface area contributed by atoms with Gasteiger partial charge in [-0.2, -0.15) is 0 Å². The Bertz CT molecular complexity index is 330. The Morgan fingerprint density at radius 3 is 3.00 bits per heavy atom. The summed E-state index contributed by atoms with van der Waals surface area (Å²) in [5, 5.41) is 2.86. The monoisotopic (exact) mass is 237 g/mol. The van der Waals surface area contributed by atoms with E-state index in [4.69, 9.17) is 4.74 Å². The van der Waals surface area contributed by atoms with E-state index in [1.54, 1.807) is 31.5 Å². The Labute approximate surface area is 102 Å². The van der Waals surface area contributed by atoms with Crippen LogP contribution in [0.15, 0.2) is 24.5 Å². The molecule has 1 rings (SSSR count). The van der Waals surface area contributed by atoms with Crippen molar-refractivity contribution in [1.29, 1.82) is 0 Å². The van der Waals surface area contributed by atoms with E-state index in [2.05, 4.69) is 10.3 Å². The molecule has 1 N–H and O–H groups in total. The molecule has 1 aromatic heterocycles. The number of likely N-dealkylation sites (N-methyl/N-ethyl adjacent to an activating group) is 1. The van der Waals surface area contributed by atoms with E-state index in [1.807, 2.05) is 12.1 Å². The minimum absolute atomic E-state index is 0.0633. The second kappa shape index (κ2) is 7.76. The number of nitrogens with one attached hydrogen (secondary N) is 1. The smallest absolute Gasteiger partial charge is 0.236 e. The van der Waals surface area contributed by atoms with Crippen molar-refractivity contribution in [1.82, 2.24) is 15.2 Å². The lowest BCUT2D eigenvalue weighted by Crippen LogP contribution is -2.38. The van der Waals surface area contributed by atoms with E-state index in [0.29, 0.717) is 26.2 Å². The zero-order chi connectivity index (χ0) is 12.5. The molecule has 1 aromatic rings. The van der Waals surface area contributed by atoms with Crippen LogP contribution in [-0.2, 0) is 16.1 Å². The number of aromatic nitrogens is 1. The zero-order valence-electron chi connectivity index (χ0n) is 10.3. The minimum atomic E-state index is 0.0633. The Balaban J connectivity index is 2.59. The zero-order valence-corrected chi connectivity index (χ0v) is 10.3. The highest BCUT2D eigenvalue weighted by molar-refractivity contribution is 5.78. The van der Waals surface area contributed by atoms with E-state index in [-0.39, 0.29) is 5.91 Å². The largest absolute Gasteiger partial charge is 0.383 e. The molecule has 0 atom stereocenters. The molecule has 5 nitrogen and oxygen atoms in total. The van der Waals surface area contributed by atoms with Crippen molar-refractivity contribution in [3.8, 4) is 0 Å². The van der Waals surface area contributed by atoms with Crippen LogP contribution in [0, 0.1) is 0 Å². The van der Waals surface area contributed by atoms with Gasteiger partial charge in [0.2, 0.25) is 5.91 Å². The van der Waals surface area contributed by atoms with Crippen LogP contribution < -0.4 is 5.32 Å². The van der Waals surface area contributed by atoms with Crippen LogP contribution in [0.1, 0.15) is 5.56 Å². The first-order chi connectivity index (χ1) is 8.27. The molecule has 5 heteroatoms. The highest BCUT2D eigenvalue weighted by atomic mass is 16.5. The number of hydrogen-bond donors (Lipinski definition) is 1. The summed E-state index contributed by atoms with van der Waals surface area (Å²) in [4.78, 5) is 17.6. The second-order valence-corrected chi connectivity index (χ2v) is 3.70. The van der Waals surface area contributed by atoms with Gasteiger partial charge in [-0.15, -0.1) is 0 Å². The van der Waals surface area contributed by atoms with Gasteiger partial charge >= 0.3 is 0 Å². The third kappa shape index (κ3) is 4.93. The number of nitrogens with zero attached hydrogens (tertiary/aromatic N) is 2. The van der Waals surface area contributed by atoms with Gasteiger partial charge in [0.05, 0.1) is 13.2 Å². The summed E-state index contributed by atoms with van der Waals surface area (Å²) >= 11 is 0. The summed E-state index contributed by atoms with van der Waals surface area (Å²) in [7, 11) is 3.39. The molecule has 0 unspecified atom stereocenters. The van der Waals surface area contributed by atoms with Crippen molar-refractivity contribution in [2.24, 2.45) is 0 Å². The number of hydrogen-bond acceptors (Lipinski definition) is 4. The van der Waals surface area contributed by atoms with Crippen molar-refractivity contribution in [2.75, 3.05) is 33.9 Å². The predicted molar refractivity (Wildman–Crippen MR) is 65.5 cm³/mol. The van der Waals surface area contributed by atoms with E-state index < -0.39 is 0 Å². The summed E-state index contributed by atoms with van der Waals surface area (Å²) in [6.07, 6.45) is 3.49. The molecule has 0 spiro atoms. The predicted octanol–water partition coefficient (Wildman–Crippen LogP) is 0.276. The second-order valence-electron chi connectivity index (χ2n) is 3.70. The summed E-state index contributed by atoms with van der Waals surface area (Å²) < 4.78 is 5.01. The normalized spacial score (nSPS) is 10.2. The van der Waals surface area contributed by atoms with Crippen LogP contribution in [0.25, 0.3) is 0 Å². The van der Waals surface area contributed by atoms with Crippen molar-refractivity contribution in [2.45, 2.75) is 6.54 Å². The molecular formula is C12H19N3O2. The Morgan fingerprint density at radius 2 is 2.41 bits per heavy atom. The van der Waals surface area contributed by atoms with Gasteiger partial charge in [-0.3, -0.25) is 9.78 Å². The van der Waals surface area contributed by atoms with Gasteiger partial charge in [0.15, 0.2) is 0 Å². The molecule has 0 bridgehead atoms. The summed E-state index contributed by atoms with van der Waals surface area (Å²) in [6.45, 7) is 2.03. The lowest BCUT2D eigenvalue weighted by Gasteiger charge is -2.22. The average molecular weight is 237 g/mol. The van der Waals surface area contributed by atoms with Crippen molar-refractivity contribution < 1.29 is 9.53 Å². The van der Waals surface area contributed by atoms with Gasteiger partial charge in [-0.25, -0.2) is 0 Å². The van der Waals surface area contributed by atoms with E-state index in [0.717, 1.165) is 5.56 Å². The van der Waals surface area contributed by atoms with Gasteiger partial charge in [0.1, 0.15) is 0 Å². The molecule has 0 radical (unpaired) electrons. The third-order valence-corrected chi connectivity index (χ3v) is 2.34. The van der Waals surface area contributed by atoms with Gasteiger partial charge < -0.3 is 15.0 Å². The number of rotatable bonds is 7. The molecular weight excluding hydrogens is 218 g/mol. The molecule has 0 aromatic carbocycles. The fourth-order valence-electron chi connectivity index (χ4n) is 1.47. The number of pyridine rings is 1. The topological polar surface area (TPSA) is 54.5 Å². The van der Waals surface area contributed by atoms with Crippen LogP contribution in [-0.4, -0.2) is 49.6 Å². The summed E-state index contributed by atoms with van der Waals surface area (Å²) in [5.74, 6) is 0.0633. The van der Waals surface area contributed by atoms with E-state index >= 15 is 0 Å². The summed E-state index contributed by atoms with van der Waals surface area (Å²) in [6, 6.07) is 3.83. The Morgan fingerprint density at radius 1 is 1.59 bits per heavy atom. The molecule has 0 fully saturated rings. The fourth-order valence-corrected chi connectivity index (χ4v) is 1.47. The molecule has 1 heterocycles. The van der Waals surface area contributed by atoms with Crippen LogP contribution in [0.5, 0.6) is 0 Å². The van der Waals surface area contributed by atoms with Crippen molar-refractivity contribution in [3.05, 3.63) is 30.1 Å². The van der Waals surface area contributed by atoms with Gasteiger partial charge in [0, 0.05) is 32.6 Å². The molecule has 94 valence electrons. The van der Waals surface area contributed by atoms with E-state index in [1.165, 1.54) is 0 Å². The van der Waals surface area contributed by atoms with Crippen molar-refractivity contribution >= 4 is 5.91 Å². The van der Waals surface area contributed by atoms with Gasteiger partial charge in [-0.1, -0.05) is 6.07 Å². The number of carbonyl (C=O) groups excluding carboxylic acids is 1. The Hall–Kier alpha value is -1.46. The number of amides is 1. The molecule has 0 aliphatic heterocycles. The lowest BCUT2D eigenvalue weighted by atomic mass is 10.2. The number of carbonyl (C=O) groups is 1. The first-order valence-corrected chi connectivity index (χ1v) is 5.58. The van der Waals surface area contributed by atoms with Crippen LogP contribution in [0.4, 0.5) is 0 Å². The SMILES string of the molecule is CNCC(=O)N(CCOC)Cc1cccnc1. The number of ether oxygens (including phenoxy) is 1. The first kappa shape index (κ1) is 13.6. The number of methoxy groups -OCH3 is 1. The standard InChI is InChI=1S/C12H19N3O2/c1-13-9-12(16)15(6-7-17-2)10-11-4-3-5-14-8-11/h3-5,8,13H,6-7,9-10H2,1-2H3. The maximum Gasteiger partial charge on any atom is 0.236 e. The average Bonchev–Trinajstić information content (AvgIpc) is 2.36. The molecule has 17 heavy (non-hydrogen) atoms. The molecule has 0 saturated carbocycles. The van der Waals surface area contributed by atoms with Crippen LogP contribution in [0.2, 0.25) is 0 Å². The fraction of sp³-hybridized carbons (Fsp3) is 0.500. The molecule has 0 aliphatic carbocycles. The minimum Gasteiger partial charge on any atom is -0.383 e. The first-order valence-electron chi connectivity index (χ1n) is 5.58. The molecule has 1 amide bonds. The maximum atomic E-state index is 11.8. The Kier molecular flexibility index (Phi) is 6.21. The van der Waals surface area contributed by atoms with Crippen LogP contribution in [0.3, 0.4) is 0 Å². The highest BCUT2D eigenvalue weighted by Crippen LogP contribution is 2.02. The van der Waals surface area contributed by atoms with Gasteiger partial charge in [-0.05, 0) is 18.7 Å². The summed E-state index contributed by atoms with van der Waals surface area (Å²) in [5.41, 5.74) is 1.02. The van der Waals surface area contributed by atoms with Crippen LogP contribution >= 0.6 is 0 Å². The lowest BCUT2D eigenvalue weighted by molar-refractivity contribution is -0.131. The highest BCUT2D eigenvalue weighted by Gasteiger charge is 2.12.